The minimum Gasteiger partial charge on any atom is -0.382 e. The summed E-state index contributed by atoms with van der Waals surface area (Å²) in [6.07, 6.45) is 1.52. The van der Waals surface area contributed by atoms with Crippen molar-refractivity contribution in [1.29, 1.82) is 0 Å². The lowest BCUT2D eigenvalue weighted by Gasteiger charge is -2.14. The maximum Gasteiger partial charge on any atom is 0.334 e. The number of benzene rings is 1. The molecular weight excluding hydrogens is 352 g/mol. The van der Waals surface area contributed by atoms with Crippen LogP contribution in [0.25, 0.3) is 11.1 Å². The highest BCUT2D eigenvalue weighted by Crippen LogP contribution is 2.15. The van der Waals surface area contributed by atoms with E-state index in [1.54, 1.807) is 14.2 Å². The Morgan fingerprint density at radius 3 is 2.04 bits per heavy atom. The van der Waals surface area contributed by atoms with Gasteiger partial charge in [0.25, 0.3) is 5.56 Å². The van der Waals surface area contributed by atoms with Gasteiger partial charge in [-0.3, -0.25) is 9.36 Å². The highest BCUT2D eigenvalue weighted by atomic mass is 16.5. The van der Waals surface area contributed by atoms with E-state index in [-0.39, 0.29) is 20.1 Å². The maximum atomic E-state index is 12.8. The lowest BCUT2D eigenvalue weighted by molar-refractivity contribution is 0.0205. The maximum absolute atomic E-state index is 12.8. The number of aryl methyl sites for hydroxylation is 1. The van der Waals surface area contributed by atoms with Crippen molar-refractivity contribution in [1.82, 2.24) is 9.13 Å². The number of rotatable bonds is 11. The molecule has 0 spiro atoms. The third-order valence-electron chi connectivity index (χ3n) is 3.91. The molecule has 8 nitrogen and oxygen atoms in total. The first-order valence-corrected chi connectivity index (χ1v) is 8.63. The largest absolute Gasteiger partial charge is 0.382 e. The molecule has 0 amide bonds. The Morgan fingerprint density at radius 1 is 0.852 bits per heavy atom. The van der Waals surface area contributed by atoms with Gasteiger partial charge in [-0.2, -0.15) is 0 Å². The molecule has 2 rings (SSSR count). The number of hydrogen-bond donors (Lipinski definition) is 0. The number of methoxy groups -OCH3 is 2. The van der Waals surface area contributed by atoms with Crippen LogP contribution in [-0.4, -0.2) is 49.8 Å². The molecule has 8 heteroatoms. The summed E-state index contributed by atoms with van der Waals surface area (Å²) in [5, 5.41) is 0. The van der Waals surface area contributed by atoms with Crippen LogP contribution in [0.5, 0.6) is 0 Å². The summed E-state index contributed by atoms with van der Waals surface area (Å²) in [5.41, 5.74) is 1.31. The fraction of sp³-hybridized carbons (Fsp3) is 0.474. The van der Waals surface area contributed by atoms with E-state index >= 15 is 0 Å². The van der Waals surface area contributed by atoms with E-state index in [9.17, 15) is 9.59 Å². The van der Waals surface area contributed by atoms with E-state index < -0.39 is 11.2 Å². The Labute approximate surface area is 157 Å². The molecule has 0 bridgehead atoms. The van der Waals surface area contributed by atoms with Crippen LogP contribution < -0.4 is 11.2 Å². The second kappa shape index (κ2) is 10.8. The van der Waals surface area contributed by atoms with Crippen LogP contribution in [-0.2, 0) is 32.4 Å². The van der Waals surface area contributed by atoms with Crippen molar-refractivity contribution < 1.29 is 18.9 Å². The molecule has 27 heavy (non-hydrogen) atoms. The predicted molar refractivity (Wildman–Crippen MR) is 101 cm³/mol. The van der Waals surface area contributed by atoms with Crippen LogP contribution in [0.4, 0.5) is 0 Å². The number of ether oxygens (including phenoxy) is 4. The summed E-state index contributed by atoms with van der Waals surface area (Å²) in [5.74, 6) is 0. The standard InChI is InChI=1S/C19H26N2O6/c1-15-4-6-16(7-5-15)17-12-20(13-26-10-8-24-2)19(23)21(18(17)22)14-27-11-9-25-3/h4-7,12H,8-11,13-14H2,1-3H3. The molecule has 0 radical (unpaired) electrons. The Morgan fingerprint density at radius 2 is 1.44 bits per heavy atom. The van der Waals surface area contributed by atoms with Gasteiger partial charge < -0.3 is 18.9 Å². The first kappa shape index (κ1) is 21.0. The second-order valence-electron chi connectivity index (χ2n) is 5.95. The van der Waals surface area contributed by atoms with Gasteiger partial charge in [-0.15, -0.1) is 0 Å². The molecule has 0 aliphatic heterocycles. The van der Waals surface area contributed by atoms with Crippen LogP contribution in [0.2, 0.25) is 0 Å². The molecule has 0 fully saturated rings. The molecule has 0 atom stereocenters. The van der Waals surface area contributed by atoms with Gasteiger partial charge in [0.15, 0.2) is 0 Å². The minimum absolute atomic E-state index is 0.0133. The quantitative estimate of drug-likeness (QED) is 0.547. The van der Waals surface area contributed by atoms with E-state index in [1.807, 2.05) is 31.2 Å². The summed E-state index contributed by atoms with van der Waals surface area (Å²) in [6.45, 7) is 3.24. The van der Waals surface area contributed by atoms with Crippen LogP contribution >= 0.6 is 0 Å². The molecule has 0 N–H and O–H groups in total. The molecule has 0 saturated carbocycles. The summed E-state index contributed by atoms with van der Waals surface area (Å²) in [6, 6.07) is 7.53. The molecule has 2 aromatic rings. The molecule has 0 aliphatic rings. The zero-order chi connectivity index (χ0) is 19.6. The van der Waals surface area contributed by atoms with Crippen molar-refractivity contribution >= 4 is 0 Å². The fourth-order valence-corrected chi connectivity index (χ4v) is 2.39. The Hall–Kier alpha value is -2.26. The average molecular weight is 378 g/mol. The van der Waals surface area contributed by atoms with Gasteiger partial charge in [-0.25, -0.2) is 9.36 Å². The zero-order valence-electron chi connectivity index (χ0n) is 16.0. The van der Waals surface area contributed by atoms with E-state index in [4.69, 9.17) is 18.9 Å². The van der Waals surface area contributed by atoms with Crippen LogP contribution in [0.1, 0.15) is 5.56 Å². The highest BCUT2D eigenvalue weighted by molar-refractivity contribution is 5.61. The van der Waals surface area contributed by atoms with E-state index in [2.05, 4.69) is 0 Å². The first-order valence-electron chi connectivity index (χ1n) is 8.63. The van der Waals surface area contributed by atoms with Crippen LogP contribution in [0, 0.1) is 6.92 Å². The van der Waals surface area contributed by atoms with Crippen molar-refractivity contribution in [3.63, 3.8) is 0 Å². The fourth-order valence-electron chi connectivity index (χ4n) is 2.39. The van der Waals surface area contributed by atoms with Gasteiger partial charge in [0.05, 0.1) is 32.0 Å². The Bertz CT molecular complexity index is 826. The summed E-state index contributed by atoms with van der Waals surface area (Å²) in [4.78, 5) is 25.5. The smallest absolute Gasteiger partial charge is 0.334 e. The molecule has 0 unspecified atom stereocenters. The molecule has 1 aromatic heterocycles. The number of nitrogens with zero attached hydrogens (tertiary/aromatic N) is 2. The van der Waals surface area contributed by atoms with Gasteiger partial charge in [0, 0.05) is 20.4 Å². The number of aromatic nitrogens is 2. The Kier molecular flexibility index (Phi) is 8.41. The van der Waals surface area contributed by atoms with Crippen molar-refractivity contribution in [2.24, 2.45) is 0 Å². The van der Waals surface area contributed by atoms with Crippen LogP contribution in [0.3, 0.4) is 0 Å². The first-order chi connectivity index (χ1) is 13.1. The van der Waals surface area contributed by atoms with Crippen molar-refractivity contribution in [3.8, 4) is 11.1 Å². The van der Waals surface area contributed by atoms with Gasteiger partial charge >= 0.3 is 5.69 Å². The summed E-state index contributed by atoms with van der Waals surface area (Å²) in [7, 11) is 3.13. The van der Waals surface area contributed by atoms with Gasteiger partial charge in [-0.05, 0) is 12.5 Å². The third-order valence-corrected chi connectivity index (χ3v) is 3.91. The van der Waals surface area contributed by atoms with Gasteiger partial charge in [0.2, 0.25) is 0 Å². The normalized spacial score (nSPS) is 11.1. The van der Waals surface area contributed by atoms with Crippen molar-refractivity contribution in [2.45, 2.75) is 20.4 Å². The molecule has 1 aromatic carbocycles. The lowest BCUT2D eigenvalue weighted by atomic mass is 10.1. The molecule has 0 aliphatic carbocycles. The minimum atomic E-state index is -0.495. The summed E-state index contributed by atoms with van der Waals surface area (Å²) < 4.78 is 23.1. The molecule has 148 valence electrons. The van der Waals surface area contributed by atoms with Crippen molar-refractivity contribution in [3.05, 3.63) is 56.9 Å². The van der Waals surface area contributed by atoms with Crippen LogP contribution in [0.15, 0.2) is 40.1 Å². The Balaban J connectivity index is 2.37. The highest BCUT2D eigenvalue weighted by Gasteiger charge is 2.13. The SMILES string of the molecule is COCCOCn1cc(-c2ccc(C)cc2)c(=O)n(COCCOC)c1=O. The molecular formula is C19H26N2O6. The van der Waals surface area contributed by atoms with Gasteiger partial charge in [0.1, 0.15) is 13.5 Å². The topological polar surface area (TPSA) is 80.9 Å². The van der Waals surface area contributed by atoms with E-state index in [1.165, 1.54) is 10.8 Å². The summed E-state index contributed by atoms with van der Waals surface area (Å²) >= 11 is 0. The van der Waals surface area contributed by atoms with E-state index in [0.717, 1.165) is 15.7 Å². The zero-order valence-corrected chi connectivity index (χ0v) is 16.0. The average Bonchev–Trinajstić information content (AvgIpc) is 2.67. The third kappa shape index (κ3) is 5.86. The van der Waals surface area contributed by atoms with Gasteiger partial charge in [-0.1, -0.05) is 29.8 Å². The van der Waals surface area contributed by atoms with Crippen molar-refractivity contribution in [2.75, 3.05) is 40.6 Å². The second-order valence-corrected chi connectivity index (χ2v) is 5.95. The monoisotopic (exact) mass is 378 g/mol. The molecule has 1 heterocycles. The van der Waals surface area contributed by atoms with E-state index in [0.29, 0.717) is 25.4 Å². The predicted octanol–water partition coefficient (Wildman–Crippen LogP) is 1.23. The lowest BCUT2D eigenvalue weighted by Crippen LogP contribution is -2.41. The molecule has 0 saturated heterocycles. The number of hydrogen-bond acceptors (Lipinski definition) is 6.